The van der Waals surface area contributed by atoms with Gasteiger partial charge < -0.3 is 9.73 Å². The Balaban J connectivity index is 1.86. The lowest BCUT2D eigenvalue weighted by molar-refractivity contribution is 0.414. The highest BCUT2D eigenvalue weighted by atomic mass is 16.3. The number of hydrogen-bond donors (Lipinski definition) is 1. The van der Waals surface area contributed by atoms with Crippen molar-refractivity contribution < 1.29 is 4.42 Å². The molecule has 1 aromatic heterocycles. The fraction of sp³-hybridized carbons (Fsp3) is 0.500. The number of rotatable bonds is 4. The van der Waals surface area contributed by atoms with Crippen molar-refractivity contribution in [3.63, 3.8) is 0 Å². The first kappa shape index (κ1) is 11.8. The lowest BCUT2D eigenvalue weighted by Gasteiger charge is -2.19. The molecule has 0 saturated heterocycles. The first-order chi connectivity index (χ1) is 8.65. The number of nitrogens with one attached hydrogen (secondary N) is 1. The molecule has 1 aliphatic carbocycles. The Bertz CT molecular complexity index is 553. The molecule has 96 valence electrons. The van der Waals surface area contributed by atoms with Gasteiger partial charge in [0, 0.05) is 23.4 Å². The summed E-state index contributed by atoms with van der Waals surface area (Å²) in [6.07, 6.45) is 2.66. The largest absolute Gasteiger partial charge is 0.460 e. The molecule has 1 heterocycles. The van der Waals surface area contributed by atoms with Gasteiger partial charge in [0.1, 0.15) is 11.3 Å². The minimum absolute atomic E-state index is 0.414. The van der Waals surface area contributed by atoms with E-state index in [2.05, 4.69) is 50.4 Å². The maximum absolute atomic E-state index is 6.04. The molecule has 18 heavy (non-hydrogen) atoms. The summed E-state index contributed by atoms with van der Waals surface area (Å²) >= 11 is 0. The monoisotopic (exact) mass is 243 g/mol. The molecule has 2 aromatic rings. The van der Waals surface area contributed by atoms with Gasteiger partial charge in [0.25, 0.3) is 0 Å². The molecule has 0 bridgehead atoms. The maximum Gasteiger partial charge on any atom is 0.137 e. The summed E-state index contributed by atoms with van der Waals surface area (Å²) in [5.74, 6) is 1.51. The molecule has 2 atom stereocenters. The quantitative estimate of drug-likeness (QED) is 0.878. The van der Waals surface area contributed by atoms with Gasteiger partial charge in [-0.1, -0.05) is 25.1 Å². The maximum atomic E-state index is 6.04. The van der Waals surface area contributed by atoms with Crippen LogP contribution >= 0.6 is 0 Å². The predicted molar refractivity (Wildman–Crippen MR) is 75.0 cm³/mol. The van der Waals surface area contributed by atoms with E-state index in [-0.39, 0.29) is 0 Å². The van der Waals surface area contributed by atoms with Crippen molar-refractivity contribution in [3.8, 4) is 0 Å². The van der Waals surface area contributed by atoms with Crippen LogP contribution in [0.3, 0.4) is 0 Å². The Morgan fingerprint density at radius 2 is 2.06 bits per heavy atom. The van der Waals surface area contributed by atoms with Crippen molar-refractivity contribution in [1.29, 1.82) is 0 Å². The van der Waals surface area contributed by atoms with Crippen molar-refractivity contribution >= 4 is 11.0 Å². The molecular formula is C16H21NO. The molecule has 1 fully saturated rings. The third-order valence-corrected chi connectivity index (χ3v) is 4.03. The zero-order valence-electron chi connectivity index (χ0n) is 11.4. The second kappa shape index (κ2) is 4.43. The molecule has 2 nitrogen and oxygen atoms in total. The lowest BCUT2D eigenvalue weighted by atomic mass is 10.0. The van der Waals surface area contributed by atoms with Crippen LogP contribution in [0.1, 0.15) is 43.9 Å². The summed E-state index contributed by atoms with van der Waals surface area (Å²) < 4.78 is 6.04. The highest BCUT2D eigenvalue weighted by molar-refractivity contribution is 5.81. The molecule has 0 amide bonds. The molecular weight excluding hydrogens is 222 g/mol. The van der Waals surface area contributed by atoms with Crippen LogP contribution in [-0.2, 0) is 0 Å². The standard InChI is InChI=1S/C16H21NO/c1-10-5-4-6-13-9-15(18-16(10)13)11(2)12(3)17-14-7-8-14/h4-6,9,11-12,14,17H,7-8H2,1-3H3. The van der Waals surface area contributed by atoms with Gasteiger partial charge in [-0.25, -0.2) is 0 Å². The van der Waals surface area contributed by atoms with Crippen LogP contribution in [0.4, 0.5) is 0 Å². The summed E-state index contributed by atoms with van der Waals surface area (Å²) in [6, 6.07) is 9.73. The molecule has 1 aromatic carbocycles. The second-order valence-electron chi connectivity index (χ2n) is 5.66. The topological polar surface area (TPSA) is 25.2 Å². The van der Waals surface area contributed by atoms with Gasteiger partial charge >= 0.3 is 0 Å². The highest BCUT2D eigenvalue weighted by Gasteiger charge is 2.26. The molecule has 1 aliphatic rings. The Morgan fingerprint density at radius 3 is 2.72 bits per heavy atom. The van der Waals surface area contributed by atoms with Gasteiger partial charge in [-0.2, -0.15) is 0 Å². The molecule has 2 heteroatoms. The van der Waals surface area contributed by atoms with Crippen LogP contribution in [0.15, 0.2) is 28.7 Å². The molecule has 3 rings (SSSR count). The SMILES string of the molecule is Cc1cccc2cc(C(C)C(C)NC3CC3)oc12. The second-order valence-corrected chi connectivity index (χ2v) is 5.66. The molecule has 1 N–H and O–H groups in total. The van der Waals surface area contributed by atoms with Crippen LogP contribution in [0.2, 0.25) is 0 Å². The smallest absolute Gasteiger partial charge is 0.137 e. The van der Waals surface area contributed by atoms with Crippen LogP contribution in [0.5, 0.6) is 0 Å². The van der Waals surface area contributed by atoms with E-state index in [1.807, 2.05) is 0 Å². The first-order valence-electron chi connectivity index (χ1n) is 6.90. The van der Waals surface area contributed by atoms with E-state index in [1.165, 1.54) is 23.8 Å². The van der Waals surface area contributed by atoms with Crippen LogP contribution < -0.4 is 5.32 Å². The number of benzene rings is 1. The summed E-state index contributed by atoms with van der Waals surface area (Å²) in [5, 5.41) is 4.87. The Kier molecular flexibility index (Phi) is 2.90. The predicted octanol–water partition coefficient (Wildman–Crippen LogP) is 3.99. The number of fused-ring (bicyclic) bond motifs is 1. The number of para-hydroxylation sites is 1. The van der Waals surface area contributed by atoms with Gasteiger partial charge in [0.05, 0.1) is 0 Å². The molecule has 0 aliphatic heterocycles. The van der Waals surface area contributed by atoms with E-state index in [0.717, 1.165) is 17.4 Å². The van der Waals surface area contributed by atoms with Crippen molar-refractivity contribution in [2.24, 2.45) is 0 Å². The minimum Gasteiger partial charge on any atom is -0.460 e. The Labute approximate surface area is 108 Å². The zero-order chi connectivity index (χ0) is 12.7. The molecule has 0 radical (unpaired) electrons. The van der Waals surface area contributed by atoms with Crippen molar-refractivity contribution in [3.05, 3.63) is 35.6 Å². The van der Waals surface area contributed by atoms with Crippen LogP contribution in [-0.4, -0.2) is 12.1 Å². The number of aryl methyl sites for hydroxylation is 1. The summed E-state index contributed by atoms with van der Waals surface area (Å²) in [5.41, 5.74) is 2.26. The third-order valence-electron chi connectivity index (χ3n) is 4.03. The van der Waals surface area contributed by atoms with E-state index in [0.29, 0.717) is 12.0 Å². The highest BCUT2D eigenvalue weighted by Crippen LogP contribution is 2.30. The number of furan rings is 1. The van der Waals surface area contributed by atoms with Gasteiger partial charge in [-0.3, -0.25) is 0 Å². The van der Waals surface area contributed by atoms with Crippen molar-refractivity contribution in [1.82, 2.24) is 5.32 Å². The first-order valence-corrected chi connectivity index (χ1v) is 6.90. The summed E-state index contributed by atoms with van der Waals surface area (Å²) in [7, 11) is 0. The summed E-state index contributed by atoms with van der Waals surface area (Å²) in [6.45, 7) is 6.60. The van der Waals surface area contributed by atoms with Gasteiger partial charge in [-0.05, 0) is 38.3 Å². The summed E-state index contributed by atoms with van der Waals surface area (Å²) in [4.78, 5) is 0. The molecule has 0 spiro atoms. The van der Waals surface area contributed by atoms with Crippen molar-refractivity contribution in [2.45, 2.75) is 51.6 Å². The third kappa shape index (κ3) is 2.17. The lowest BCUT2D eigenvalue weighted by Crippen LogP contribution is -2.32. The van der Waals surface area contributed by atoms with Crippen LogP contribution in [0.25, 0.3) is 11.0 Å². The van der Waals surface area contributed by atoms with Crippen molar-refractivity contribution in [2.75, 3.05) is 0 Å². The van der Waals surface area contributed by atoms with E-state index >= 15 is 0 Å². The van der Waals surface area contributed by atoms with E-state index < -0.39 is 0 Å². The Morgan fingerprint density at radius 1 is 1.28 bits per heavy atom. The average molecular weight is 243 g/mol. The fourth-order valence-electron chi connectivity index (χ4n) is 2.47. The average Bonchev–Trinajstić information content (AvgIpc) is 3.04. The minimum atomic E-state index is 0.414. The van der Waals surface area contributed by atoms with E-state index in [4.69, 9.17) is 4.42 Å². The molecule has 2 unspecified atom stereocenters. The van der Waals surface area contributed by atoms with E-state index in [1.54, 1.807) is 0 Å². The normalized spacial score (nSPS) is 19.1. The molecule has 1 saturated carbocycles. The number of hydrogen-bond acceptors (Lipinski definition) is 2. The fourth-order valence-corrected chi connectivity index (χ4v) is 2.47. The van der Waals surface area contributed by atoms with Gasteiger partial charge in [0.15, 0.2) is 0 Å². The van der Waals surface area contributed by atoms with Gasteiger partial charge in [-0.15, -0.1) is 0 Å². The van der Waals surface area contributed by atoms with Gasteiger partial charge in [0.2, 0.25) is 0 Å². The van der Waals surface area contributed by atoms with Crippen LogP contribution in [0, 0.1) is 6.92 Å². The van der Waals surface area contributed by atoms with E-state index in [9.17, 15) is 0 Å². The zero-order valence-corrected chi connectivity index (χ0v) is 11.4. The Hall–Kier alpha value is -1.28.